The first kappa shape index (κ1) is 47.8. The molecular weight excluding hydrogens is 960 g/mol. The molecule has 0 radical (unpaired) electrons. The van der Waals surface area contributed by atoms with Crippen molar-refractivity contribution >= 4 is 74.0 Å². The summed E-state index contributed by atoms with van der Waals surface area (Å²) in [7, 11) is -2.34. The Balaban J connectivity index is 0.835. The van der Waals surface area contributed by atoms with Gasteiger partial charge in [-0.15, -0.1) is 8.78 Å². The summed E-state index contributed by atoms with van der Waals surface area (Å²) in [6.07, 6.45) is -1.29. The number of alkyl halides is 2. The van der Waals surface area contributed by atoms with Crippen molar-refractivity contribution in [3.8, 4) is 17.5 Å². The van der Waals surface area contributed by atoms with Crippen LogP contribution in [0.25, 0.3) is 0 Å². The normalized spacial score (nSPS) is 18.1. The van der Waals surface area contributed by atoms with Crippen molar-refractivity contribution in [1.82, 2.24) is 35.1 Å². The highest BCUT2D eigenvalue weighted by atomic mass is 35.5. The zero-order valence-corrected chi connectivity index (χ0v) is 39.0. The van der Waals surface area contributed by atoms with E-state index in [1.165, 1.54) is 49.7 Å². The quantitative estimate of drug-likeness (QED) is 0.0751. The van der Waals surface area contributed by atoms with Crippen LogP contribution in [0.1, 0.15) is 50.9 Å². The van der Waals surface area contributed by atoms with E-state index in [9.17, 15) is 36.4 Å². The average Bonchev–Trinajstić information content (AvgIpc) is 3.80. The molecule has 70 heavy (non-hydrogen) atoms. The van der Waals surface area contributed by atoms with Gasteiger partial charge in [-0.25, -0.2) is 8.42 Å². The van der Waals surface area contributed by atoms with Crippen molar-refractivity contribution in [3.05, 3.63) is 100 Å². The van der Waals surface area contributed by atoms with Crippen LogP contribution in [0, 0.1) is 0 Å². The third-order valence-electron chi connectivity index (χ3n) is 11.8. The smallest absolute Gasteiger partial charge is 0.467 e. The number of carbonyl (C=O) groups excluding carboxylic acids is 4. The van der Waals surface area contributed by atoms with E-state index in [0.29, 0.717) is 58.2 Å². The van der Waals surface area contributed by atoms with Crippen molar-refractivity contribution in [3.63, 3.8) is 0 Å². The molecule has 4 aliphatic heterocycles. The van der Waals surface area contributed by atoms with Crippen LogP contribution in [0.15, 0.2) is 77.8 Å². The first-order valence-corrected chi connectivity index (χ1v) is 24.1. The summed E-state index contributed by atoms with van der Waals surface area (Å²) >= 11 is 6.63. The maximum absolute atomic E-state index is 14.4. The number of fused-ring (bicyclic) bond motifs is 2. The van der Waals surface area contributed by atoms with Crippen LogP contribution >= 0.6 is 11.6 Å². The van der Waals surface area contributed by atoms with Gasteiger partial charge in [-0.3, -0.25) is 39.3 Å². The summed E-state index contributed by atoms with van der Waals surface area (Å²) in [6.45, 7) is 3.93. The predicted octanol–water partition coefficient (Wildman–Crippen LogP) is 4.25. The lowest BCUT2D eigenvalue weighted by molar-refractivity contribution is -0.287. The molecule has 0 bridgehead atoms. The largest absolute Gasteiger partial charge is 0.586 e. The van der Waals surface area contributed by atoms with Gasteiger partial charge in [0.05, 0.1) is 64.5 Å². The predicted molar refractivity (Wildman–Crippen MR) is 248 cm³/mol. The number of piperazine rings is 1. The van der Waals surface area contributed by atoms with E-state index in [1.807, 2.05) is 4.90 Å². The number of rotatable bonds is 17. The molecule has 0 aliphatic carbocycles. The summed E-state index contributed by atoms with van der Waals surface area (Å²) in [5.74, 6) is -2.45. The van der Waals surface area contributed by atoms with Gasteiger partial charge in [0, 0.05) is 69.4 Å². The molecule has 2 atom stereocenters. The number of benzene rings is 3. The molecule has 4 amide bonds. The maximum Gasteiger partial charge on any atom is 0.586 e. The fourth-order valence-electron chi connectivity index (χ4n) is 8.40. The second-order valence-electron chi connectivity index (χ2n) is 16.4. The highest BCUT2D eigenvalue weighted by molar-refractivity contribution is 7.90. The van der Waals surface area contributed by atoms with Crippen molar-refractivity contribution in [2.24, 2.45) is 0 Å². The fraction of sp³-hybridized carbons (Fsp3) is 0.333. The van der Waals surface area contributed by atoms with Gasteiger partial charge in [-0.1, -0.05) is 29.8 Å². The monoisotopic (exact) mass is 1000 g/mol. The van der Waals surface area contributed by atoms with Crippen LogP contribution in [0.4, 0.5) is 37.7 Å². The number of para-hydroxylation sites is 1. The number of pyridine rings is 1. The molecule has 0 spiro atoms. The van der Waals surface area contributed by atoms with Gasteiger partial charge in [-0.2, -0.15) is 15.0 Å². The van der Waals surface area contributed by atoms with E-state index < -0.39 is 51.8 Å². The van der Waals surface area contributed by atoms with Crippen LogP contribution < -0.4 is 40.4 Å². The number of hydrogen-bond acceptors (Lipinski definition) is 19. The topological polar surface area (TPSA) is 249 Å². The van der Waals surface area contributed by atoms with Crippen molar-refractivity contribution in [1.29, 1.82) is 0 Å². The van der Waals surface area contributed by atoms with Crippen molar-refractivity contribution < 1.29 is 55.3 Å². The minimum absolute atomic E-state index is 0.00690. The maximum atomic E-state index is 14.4. The van der Waals surface area contributed by atoms with E-state index in [4.69, 9.17) is 30.5 Å². The lowest BCUT2D eigenvalue weighted by atomic mass is 10.0. The lowest BCUT2D eigenvalue weighted by Crippen LogP contribution is -2.54. The Morgan fingerprint density at radius 1 is 0.929 bits per heavy atom. The number of halogens is 3. The van der Waals surface area contributed by atoms with E-state index >= 15 is 0 Å². The Labute approximate surface area is 403 Å². The van der Waals surface area contributed by atoms with Crippen LogP contribution in [-0.2, 0) is 24.2 Å². The fourth-order valence-corrected chi connectivity index (χ4v) is 9.28. The lowest BCUT2D eigenvalue weighted by Gasteiger charge is -2.34. The zero-order chi connectivity index (χ0) is 49.3. The van der Waals surface area contributed by atoms with E-state index in [1.54, 1.807) is 30.3 Å². The molecule has 0 saturated carbocycles. The molecule has 3 aromatic carbocycles. The number of amides is 4. The average molecular weight is 1000 g/mol. The number of nitrogens with one attached hydrogen (secondary N) is 4. The van der Waals surface area contributed by atoms with E-state index in [2.05, 4.69) is 46.1 Å². The third-order valence-corrected chi connectivity index (χ3v) is 13.2. The number of piperidine rings is 1. The second kappa shape index (κ2) is 19.6. The SMILES string of the molecule is COc1nc(Nc2cc(S(C)(=O)=O)ccc2N[C@@H](c2cccc3c2OC(F)(F)O3)c2ncccc2Cl)nc(N2CCN(CCOCCNc3cccc4c3C(=O)N(C3CCC(=O)NC3=O)C4=O)CC2)n1. The van der Waals surface area contributed by atoms with Crippen molar-refractivity contribution in [2.75, 3.05) is 86.7 Å². The Kier molecular flexibility index (Phi) is 13.4. The number of carbonyl (C=O) groups is 4. The van der Waals surface area contributed by atoms with Crippen LogP contribution in [0.5, 0.6) is 17.5 Å². The highest BCUT2D eigenvalue weighted by Gasteiger charge is 2.47. The van der Waals surface area contributed by atoms with Gasteiger partial charge >= 0.3 is 12.3 Å². The first-order valence-electron chi connectivity index (χ1n) is 21.9. The molecule has 4 aliphatic rings. The van der Waals surface area contributed by atoms with Gasteiger partial charge in [0.25, 0.3) is 11.8 Å². The molecule has 25 heteroatoms. The molecule has 6 heterocycles. The molecule has 9 rings (SSSR count). The van der Waals surface area contributed by atoms with Gasteiger partial charge in [0.1, 0.15) is 6.04 Å². The number of anilines is 5. The highest BCUT2D eigenvalue weighted by Crippen LogP contribution is 2.48. The Morgan fingerprint density at radius 2 is 1.73 bits per heavy atom. The minimum atomic E-state index is -3.92. The molecule has 1 unspecified atom stereocenters. The standard InChI is InChI=1S/C45H44ClF2N11O10S/c1-66-44-55-42(52-31-24-25(70(2,64)65)11-12-29(31)51-36(37-28(46)8-5-15-50-37)27-7-4-10-33-38(27)69-45(47,48)68-33)54-43(56-44)58-19-17-57(18-20-58)21-23-67-22-16-49-30-9-3-6-26-35(30)41(63)59(40(26)62)32-13-14-34(60)53-39(32)61/h3-12,15,24,32,36,49,51H,13-14,16-23H2,1-2H3,(H,53,60,61)(H,52,54,55,56)/t32?,36-/m0/s1. The van der Waals surface area contributed by atoms with Gasteiger partial charge < -0.3 is 39.8 Å². The summed E-state index contributed by atoms with van der Waals surface area (Å²) in [5.41, 5.74) is 1.70. The van der Waals surface area contributed by atoms with Crippen LogP contribution in [0.3, 0.4) is 0 Å². The van der Waals surface area contributed by atoms with E-state index in [-0.39, 0.29) is 85.9 Å². The Hall–Kier alpha value is -7.28. The Bertz CT molecular complexity index is 3000. The number of aromatic nitrogens is 4. The number of imide groups is 2. The van der Waals surface area contributed by atoms with Gasteiger partial charge in [0.2, 0.25) is 23.7 Å². The molecule has 366 valence electrons. The van der Waals surface area contributed by atoms with Crippen LogP contribution in [-0.4, -0.2) is 140 Å². The number of nitrogens with zero attached hydrogens (tertiary/aromatic N) is 7. The Morgan fingerprint density at radius 3 is 2.49 bits per heavy atom. The molecule has 4 N–H and O–H groups in total. The molecule has 2 saturated heterocycles. The molecule has 5 aromatic rings. The number of hydrogen-bond donors (Lipinski definition) is 4. The summed E-state index contributed by atoms with van der Waals surface area (Å²) in [4.78, 5) is 73.8. The minimum Gasteiger partial charge on any atom is -0.467 e. The second-order valence-corrected chi connectivity index (χ2v) is 18.8. The molecule has 2 aromatic heterocycles. The zero-order valence-electron chi connectivity index (χ0n) is 37.4. The van der Waals surface area contributed by atoms with Crippen molar-refractivity contribution in [2.45, 2.75) is 36.1 Å². The third kappa shape index (κ3) is 10.1. The number of ether oxygens (including phenoxy) is 4. The van der Waals surface area contributed by atoms with Crippen LogP contribution in [0.2, 0.25) is 5.02 Å². The van der Waals surface area contributed by atoms with Gasteiger partial charge in [0.15, 0.2) is 21.3 Å². The summed E-state index contributed by atoms with van der Waals surface area (Å²) in [5, 5.41) is 12.0. The molecular formula is C45H44ClF2N11O10S. The molecule has 2 fully saturated rings. The summed E-state index contributed by atoms with van der Waals surface area (Å²) in [6, 6.07) is 14.6. The summed E-state index contributed by atoms with van der Waals surface area (Å²) < 4.78 is 75.4. The molecule has 21 nitrogen and oxygen atoms in total. The van der Waals surface area contributed by atoms with Gasteiger partial charge in [-0.05, 0) is 55.0 Å². The number of sulfone groups is 1. The van der Waals surface area contributed by atoms with E-state index in [0.717, 1.165) is 11.2 Å². The number of methoxy groups -OCH3 is 1. The first-order chi connectivity index (χ1) is 33.6.